The number of nitrogens with two attached hydrogens (primary N) is 1. The van der Waals surface area contributed by atoms with Gasteiger partial charge >= 0.3 is 0 Å². The number of rotatable bonds is 6. The largest absolute Gasteiger partial charge is 0.385 e. The van der Waals surface area contributed by atoms with Crippen molar-refractivity contribution in [3.05, 3.63) is 48.0 Å². The molecule has 0 bridgehead atoms. The minimum Gasteiger partial charge on any atom is -0.385 e. The van der Waals surface area contributed by atoms with Gasteiger partial charge in [-0.15, -0.1) is 0 Å². The molecule has 0 fully saturated rings. The van der Waals surface area contributed by atoms with Gasteiger partial charge in [-0.2, -0.15) is 0 Å². The second-order valence-electron chi connectivity index (χ2n) is 4.97. The monoisotopic (exact) mass is 258 g/mol. The number of nitrogens with one attached hydrogen (secondary N) is 1. The lowest BCUT2D eigenvalue weighted by atomic mass is 9.89. The van der Waals surface area contributed by atoms with Crippen LogP contribution in [0.25, 0.3) is 10.8 Å². The molecule has 102 valence electrons. The zero-order chi connectivity index (χ0) is 13.7. The van der Waals surface area contributed by atoms with E-state index < -0.39 is 0 Å². The van der Waals surface area contributed by atoms with Gasteiger partial charge in [0.2, 0.25) is 0 Å². The third-order valence-electron chi connectivity index (χ3n) is 3.68. The first-order valence-electron chi connectivity index (χ1n) is 6.70. The summed E-state index contributed by atoms with van der Waals surface area (Å²) in [5.74, 6) is 6.19. The van der Waals surface area contributed by atoms with Crippen molar-refractivity contribution >= 4 is 10.8 Å². The lowest BCUT2D eigenvalue weighted by Crippen LogP contribution is -2.33. The molecule has 0 saturated carbocycles. The van der Waals surface area contributed by atoms with Crippen LogP contribution in [0.2, 0.25) is 0 Å². The number of ether oxygens (including phenoxy) is 1. The molecule has 0 aliphatic heterocycles. The zero-order valence-electron chi connectivity index (χ0n) is 11.6. The summed E-state index contributed by atoms with van der Waals surface area (Å²) in [4.78, 5) is 0. The Bertz CT molecular complexity index is 522. The molecule has 0 spiro atoms. The molecule has 0 aromatic heterocycles. The summed E-state index contributed by atoms with van der Waals surface area (Å²) in [6.07, 6.45) is 0.981. The maximum absolute atomic E-state index is 5.78. The highest BCUT2D eigenvalue weighted by molar-refractivity contribution is 5.86. The van der Waals surface area contributed by atoms with Gasteiger partial charge in [0.05, 0.1) is 0 Å². The number of hydrogen-bond acceptors (Lipinski definition) is 3. The maximum Gasteiger partial charge on any atom is 0.0492 e. The second kappa shape index (κ2) is 6.66. The summed E-state index contributed by atoms with van der Waals surface area (Å²) in [5.41, 5.74) is 4.22. The average molecular weight is 258 g/mol. The molecule has 0 radical (unpaired) electrons. The van der Waals surface area contributed by atoms with Gasteiger partial charge < -0.3 is 4.74 Å². The minimum atomic E-state index is 0.140. The number of methoxy groups -OCH3 is 1. The van der Waals surface area contributed by atoms with E-state index in [2.05, 4.69) is 54.8 Å². The van der Waals surface area contributed by atoms with Crippen LogP contribution in [-0.4, -0.2) is 13.7 Å². The molecule has 3 heteroatoms. The summed E-state index contributed by atoms with van der Waals surface area (Å²) in [5, 5.41) is 2.51. The van der Waals surface area contributed by atoms with Crippen LogP contribution in [0.4, 0.5) is 0 Å². The zero-order valence-corrected chi connectivity index (χ0v) is 11.6. The normalized spacial score (nSPS) is 14.5. The van der Waals surface area contributed by atoms with E-state index in [0.717, 1.165) is 13.0 Å². The van der Waals surface area contributed by atoms with Crippen molar-refractivity contribution in [2.45, 2.75) is 19.4 Å². The van der Waals surface area contributed by atoms with Crippen LogP contribution in [0, 0.1) is 5.92 Å². The fraction of sp³-hybridized carbons (Fsp3) is 0.375. The maximum atomic E-state index is 5.78. The van der Waals surface area contributed by atoms with Gasteiger partial charge in [0.15, 0.2) is 0 Å². The van der Waals surface area contributed by atoms with E-state index in [9.17, 15) is 0 Å². The third-order valence-corrected chi connectivity index (χ3v) is 3.68. The first kappa shape index (κ1) is 14.0. The summed E-state index contributed by atoms with van der Waals surface area (Å²) in [6.45, 7) is 2.95. The Hall–Kier alpha value is -1.42. The first-order valence-corrected chi connectivity index (χ1v) is 6.70. The predicted molar refractivity (Wildman–Crippen MR) is 79.7 cm³/mol. The second-order valence-corrected chi connectivity index (χ2v) is 4.97. The molecular weight excluding hydrogens is 236 g/mol. The predicted octanol–water partition coefficient (Wildman–Crippen LogP) is 3.02. The summed E-state index contributed by atoms with van der Waals surface area (Å²) in [7, 11) is 1.73. The van der Waals surface area contributed by atoms with E-state index >= 15 is 0 Å². The van der Waals surface area contributed by atoms with Crippen LogP contribution in [0.1, 0.15) is 24.9 Å². The van der Waals surface area contributed by atoms with Crippen LogP contribution in [0.15, 0.2) is 42.5 Å². The van der Waals surface area contributed by atoms with Crippen LogP contribution < -0.4 is 11.3 Å². The topological polar surface area (TPSA) is 47.3 Å². The van der Waals surface area contributed by atoms with Gasteiger partial charge in [0, 0.05) is 19.8 Å². The number of hydrazine groups is 1. The highest BCUT2D eigenvalue weighted by Crippen LogP contribution is 2.29. The average Bonchev–Trinajstić information content (AvgIpc) is 2.46. The van der Waals surface area contributed by atoms with Gasteiger partial charge in [-0.25, -0.2) is 0 Å². The Labute approximate surface area is 114 Å². The van der Waals surface area contributed by atoms with Crippen molar-refractivity contribution in [2.75, 3.05) is 13.7 Å². The fourth-order valence-corrected chi connectivity index (χ4v) is 2.55. The molecule has 0 saturated heterocycles. The van der Waals surface area contributed by atoms with Crippen LogP contribution in [0.3, 0.4) is 0 Å². The molecule has 0 aliphatic carbocycles. The molecular formula is C16H22N2O. The van der Waals surface area contributed by atoms with Crippen molar-refractivity contribution < 1.29 is 4.74 Å². The van der Waals surface area contributed by atoms with Crippen LogP contribution >= 0.6 is 0 Å². The minimum absolute atomic E-state index is 0.140. The third kappa shape index (κ3) is 3.13. The molecule has 0 heterocycles. The standard InChI is InChI=1S/C16H22N2O/c1-12(10-11-19-2)16(18-17)15-9-5-7-13-6-3-4-8-14(13)15/h3-9,12,16,18H,10-11,17H2,1-2H3. The van der Waals surface area contributed by atoms with Crippen molar-refractivity contribution in [1.82, 2.24) is 5.43 Å². The Kier molecular flexibility index (Phi) is 4.91. The highest BCUT2D eigenvalue weighted by Gasteiger charge is 2.19. The highest BCUT2D eigenvalue weighted by atomic mass is 16.5. The van der Waals surface area contributed by atoms with Crippen molar-refractivity contribution in [1.29, 1.82) is 0 Å². The smallest absolute Gasteiger partial charge is 0.0492 e. The van der Waals surface area contributed by atoms with E-state index in [1.54, 1.807) is 7.11 Å². The van der Waals surface area contributed by atoms with E-state index in [0.29, 0.717) is 5.92 Å². The van der Waals surface area contributed by atoms with Gasteiger partial charge in [-0.1, -0.05) is 49.4 Å². The van der Waals surface area contributed by atoms with Gasteiger partial charge in [-0.3, -0.25) is 11.3 Å². The molecule has 2 rings (SSSR count). The molecule has 3 N–H and O–H groups in total. The Morgan fingerprint density at radius 2 is 1.89 bits per heavy atom. The molecule has 0 aliphatic rings. The van der Waals surface area contributed by atoms with Crippen LogP contribution in [-0.2, 0) is 4.74 Å². The van der Waals surface area contributed by atoms with Crippen LogP contribution in [0.5, 0.6) is 0 Å². The van der Waals surface area contributed by atoms with Gasteiger partial charge in [-0.05, 0) is 28.7 Å². The number of hydrogen-bond donors (Lipinski definition) is 2. The first-order chi connectivity index (χ1) is 9.27. The van der Waals surface area contributed by atoms with E-state index in [1.165, 1.54) is 16.3 Å². The van der Waals surface area contributed by atoms with E-state index in [-0.39, 0.29) is 6.04 Å². The summed E-state index contributed by atoms with van der Waals surface area (Å²) >= 11 is 0. The Balaban J connectivity index is 2.35. The van der Waals surface area contributed by atoms with E-state index in [4.69, 9.17) is 10.6 Å². The Morgan fingerprint density at radius 3 is 2.63 bits per heavy atom. The van der Waals surface area contributed by atoms with Gasteiger partial charge in [0.25, 0.3) is 0 Å². The molecule has 2 aromatic carbocycles. The van der Waals surface area contributed by atoms with Gasteiger partial charge in [0.1, 0.15) is 0 Å². The molecule has 19 heavy (non-hydrogen) atoms. The molecule has 2 atom stereocenters. The van der Waals surface area contributed by atoms with E-state index in [1.807, 2.05) is 0 Å². The molecule has 2 aromatic rings. The lowest BCUT2D eigenvalue weighted by molar-refractivity contribution is 0.170. The number of fused-ring (bicyclic) bond motifs is 1. The summed E-state index contributed by atoms with van der Waals surface area (Å²) in [6, 6.07) is 14.9. The fourth-order valence-electron chi connectivity index (χ4n) is 2.55. The lowest BCUT2D eigenvalue weighted by Gasteiger charge is -2.24. The molecule has 0 amide bonds. The SMILES string of the molecule is COCCC(C)C(NN)c1cccc2ccccc12. The quantitative estimate of drug-likeness (QED) is 0.618. The Morgan fingerprint density at radius 1 is 1.16 bits per heavy atom. The molecule has 3 nitrogen and oxygen atoms in total. The van der Waals surface area contributed by atoms with Crippen molar-refractivity contribution in [3.8, 4) is 0 Å². The molecule has 2 unspecified atom stereocenters. The van der Waals surface area contributed by atoms with Crippen molar-refractivity contribution in [2.24, 2.45) is 11.8 Å². The summed E-state index contributed by atoms with van der Waals surface area (Å²) < 4.78 is 5.16. The number of benzene rings is 2. The van der Waals surface area contributed by atoms with Crippen molar-refractivity contribution in [3.63, 3.8) is 0 Å².